The molecule has 0 aliphatic carbocycles. The summed E-state index contributed by atoms with van der Waals surface area (Å²) < 4.78 is 5.27. The quantitative estimate of drug-likeness (QED) is 0.886. The lowest BCUT2D eigenvalue weighted by molar-refractivity contribution is -0.122. The molecule has 5 heteroatoms. The van der Waals surface area contributed by atoms with Crippen molar-refractivity contribution >= 4 is 18.3 Å². The van der Waals surface area contributed by atoms with Crippen molar-refractivity contribution in [2.45, 2.75) is 32.4 Å². The van der Waals surface area contributed by atoms with Crippen molar-refractivity contribution in [1.82, 2.24) is 10.6 Å². The average Bonchev–Trinajstić information content (AvgIpc) is 2.91. The number of nitrogens with one attached hydrogen (secondary N) is 2. The smallest absolute Gasteiger partial charge is 0.237 e. The Morgan fingerprint density at radius 3 is 2.95 bits per heavy atom. The fraction of sp³-hybridized carbons (Fsp3) is 0.500. The van der Waals surface area contributed by atoms with E-state index in [1.165, 1.54) is 0 Å². The van der Waals surface area contributed by atoms with Crippen molar-refractivity contribution < 1.29 is 9.53 Å². The van der Waals surface area contributed by atoms with Gasteiger partial charge in [-0.15, -0.1) is 12.4 Å². The number of aryl methyl sites for hydroxylation is 1. The van der Waals surface area contributed by atoms with Gasteiger partial charge in [0.15, 0.2) is 0 Å². The molecule has 0 bridgehead atoms. The molecule has 1 unspecified atom stereocenters. The van der Waals surface area contributed by atoms with Crippen LogP contribution in [0.25, 0.3) is 0 Å². The van der Waals surface area contributed by atoms with Crippen LogP contribution in [-0.4, -0.2) is 25.6 Å². The third-order valence-electron chi connectivity index (χ3n) is 3.32. The van der Waals surface area contributed by atoms with Gasteiger partial charge in [0.1, 0.15) is 5.75 Å². The normalized spacial score (nSPS) is 17.7. The molecule has 0 spiro atoms. The number of ether oxygens (including phenoxy) is 1. The molecule has 1 aromatic carbocycles. The van der Waals surface area contributed by atoms with E-state index in [4.69, 9.17) is 4.74 Å². The Bertz CT molecular complexity index is 431. The van der Waals surface area contributed by atoms with Gasteiger partial charge in [-0.1, -0.05) is 12.1 Å². The maximum absolute atomic E-state index is 11.8. The predicted molar refractivity (Wildman–Crippen MR) is 77.9 cm³/mol. The molecule has 1 aliphatic rings. The lowest BCUT2D eigenvalue weighted by atomic mass is 10.1. The van der Waals surface area contributed by atoms with Gasteiger partial charge in [0.05, 0.1) is 13.2 Å². The van der Waals surface area contributed by atoms with Crippen LogP contribution in [0.1, 0.15) is 24.0 Å². The first kappa shape index (κ1) is 15.8. The van der Waals surface area contributed by atoms with E-state index >= 15 is 0 Å². The van der Waals surface area contributed by atoms with Gasteiger partial charge in [-0.3, -0.25) is 4.79 Å². The van der Waals surface area contributed by atoms with Gasteiger partial charge >= 0.3 is 0 Å². The minimum atomic E-state index is -0.0163. The first-order valence-corrected chi connectivity index (χ1v) is 6.35. The molecule has 0 radical (unpaired) electrons. The lowest BCUT2D eigenvalue weighted by Gasteiger charge is -2.12. The largest absolute Gasteiger partial charge is 0.496 e. The summed E-state index contributed by atoms with van der Waals surface area (Å²) in [6.07, 6.45) is 2.01. The third-order valence-corrected chi connectivity index (χ3v) is 3.32. The molecule has 1 amide bonds. The number of amides is 1. The SMILES string of the molecule is COc1cc(CNC(=O)C2CCCN2)ccc1C.Cl. The highest BCUT2D eigenvalue weighted by Crippen LogP contribution is 2.18. The van der Waals surface area contributed by atoms with E-state index in [9.17, 15) is 4.79 Å². The fourth-order valence-corrected chi connectivity index (χ4v) is 2.20. The molecular weight excluding hydrogens is 264 g/mol. The molecule has 0 aromatic heterocycles. The Morgan fingerprint density at radius 1 is 1.53 bits per heavy atom. The van der Waals surface area contributed by atoms with Crippen LogP contribution in [0.5, 0.6) is 5.75 Å². The molecule has 2 rings (SSSR count). The van der Waals surface area contributed by atoms with Crippen molar-refractivity contribution in [2.75, 3.05) is 13.7 Å². The minimum absolute atomic E-state index is 0. The molecule has 1 saturated heterocycles. The highest BCUT2D eigenvalue weighted by atomic mass is 35.5. The number of hydrogen-bond donors (Lipinski definition) is 2. The third kappa shape index (κ3) is 4.11. The zero-order valence-corrected chi connectivity index (χ0v) is 12.2. The Labute approximate surface area is 120 Å². The second kappa shape index (κ2) is 7.36. The predicted octanol–water partition coefficient (Wildman–Crippen LogP) is 1.79. The van der Waals surface area contributed by atoms with Gasteiger partial charge in [0.25, 0.3) is 0 Å². The zero-order valence-electron chi connectivity index (χ0n) is 11.4. The van der Waals surface area contributed by atoms with Crippen molar-refractivity contribution in [3.63, 3.8) is 0 Å². The Kier molecular flexibility index (Phi) is 6.12. The molecule has 4 nitrogen and oxygen atoms in total. The van der Waals surface area contributed by atoms with E-state index in [0.717, 1.165) is 36.3 Å². The molecule has 1 heterocycles. The lowest BCUT2D eigenvalue weighted by Crippen LogP contribution is -2.39. The van der Waals surface area contributed by atoms with Gasteiger partial charge < -0.3 is 15.4 Å². The summed E-state index contributed by atoms with van der Waals surface area (Å²) in [5.41, 5.74) is 2.16. The van der Waals surface area contributed by atoms with Crippen molar-refractivity contribution in [3.05, 3.63) is 29.3 Å². The highest BCUT2D eigenvalue weighted by Gasteiger charge is 2.21. The van der Waals surface area contributed by atoms with Gasteiger partial charge in [-0.2, -0.15) is 0 Å². The summed E-state index contributed by atoms with van der Waals surface area (Å²) in [7, 11) is 1.66. The van der Waals surface area contributed by atoms with Crippen LogP contribution in [0.4, 0.5) is 0 Å². The van der Waals surface area contributed by atoms with Gasteiger partial charge in [0.2, 0.25) is 5.91 Å². The maximum atomic E-state index is 11.8. The Hall–Kier alpha value is -1.26. The summed E-state index contributed by atoms with van der Waals surface area (Å²) in [6, 6.07) is 5.98. The monoisotopic (exact) mass is 284 g/mol. The van der Waals surface area contributed by atoms with Gasteiger partial charge in [0, 0.05) is 6.54 Å². The summed E-state index contributed by atoms with van der Waals surface area (Å²) in [6.45, 7) is 3.49. The van der Waals surface area contributed by atoms with Crippen molar-refractivity contribution in [3.8, 4) is 5.75 Å². The molecule has 106 valence electrons. The average molecular weight is 285 g/mol. The molecule has 1 atom stereocenters. The van der Waals surface area contributed by atoms with E-state index in [-0.39, 0.29) is 24.4 Å². The number of benzene rings is 1. The van der Waals surface area contributed by atoms with Crippen molar-refractivity contribution in [1.29, 1.82) is 0 Å². The second-order valence-electron chi connectivity index (χ2n) is 4.67. The second-order valence-corrected chi connectivity index (χ2v) is 4.67. The van der Waals surface area contributed by atoms with E-state index in [1.54, 1.807) is 7.11 Å². The molecule has 1 aromatic rings. The van der Waals surface area contributed by atoms with E-state index in [0.29, 0.717) is 6.54 Å². The van der Waals surface area contributed by atoms with Crippen molar-refractivity contribution in [2.24, 2.45) is 0 Å². The number of halogens is 1. The summed E-state index contributed by atoms with van der Waals surface area (Å²) in [5, 5.41) is 6.14. The Morgan fingerprint density at radius 2 is 2.32 bits per heavy atom. The maximum Gasteiger partial charge on any atom is 0.237 e. The molecule has 2 N–H and O–H groups in total. The van der Waals surface area contributed by atoms with E-state index < -0.39 is 0 Å². The first-order chi connectivity index (χ1) is 8.70. The number of carbonyl (C=O) groups excluding carboxylic acids is 1. The highest BCUT2D eigenvalue weighted by molar-refractivity contribution is 5.85. The van der Waals surface area contributed by atoms with Crippen LogP contribution in [0.3, 0.4) is 0 Å². The topological polar surface area (TPSA) is 50.4 Å². The molecule has 19 heavy (non-hydrogen) atoms. The van der Waals surface area contributed by atoms with Crippen LogP contribution in [0.15, 0.2) is 18.2 Å². The van der Waals surface area contributed by atoms with Gasteiger partial charge in [-0.25, -0.2) is 0 Å². The molecule has 1 fully saturated rings. The van der Waals surface area contributed by atoms with Crippen LogP contribution >= 0.6 is 12.4 Å². The number of hydrogen-bond acceptors (Lipinski definition) is 3. The number of carbonyl (C=O) groups is 1. The van der Waals surface area contributed by atoms with Crippen LogP contribution in [-0.2, 0) is 11.3 Å². The fourth-order valence-electron chi connectivity index (χ4n) is 2.20. The zero-order chi connectivity index (χ0) is 13.0. The van der Waals surface area contributed by atoms with Gasteiger partial charge in [-0.05, 0) is 43.5 Å². The summed E-state index contributed by atoms with van der Waals surface area (Å²) in [4.78, 5) is 11.8. The summed E-state index contributed by atoms with van der Waals surface area (Å²) >= 11 is 0. The molecular formula is C14H21ClN2O2. The van der Waals surface area contributed by atoms with Crippen LogP contribution in [0, 0.1) is 6.92 Å². The van der Waals surface area contributed by atoms with E-state index in [1.807, 2.05) is 25.1 Å². The standard InChI is InChI=1S/C14H20N2O2.ClH/c1-10-5-6-11(8-13(10)18-2)9-16-14(17)12-4-3-7-15-12;/h5-6,8,12,15H,3-4,7,9H2,1-2H3,(H,16,17);1H. The first-order valence-electron chi connectivity index (χ1n) is 6.35. The van der Waals surface area contributed by atoms with E-state index in [2.05, 4.69) is 10.6 Å². The number of methoxy groups -OCH3 is 1. The molecule has 0 saturated carbocycles. The summed E-state index contributed by atoms with van der Waals surface area (Å²) in [5.74, 6) is 0.952. The van der Waals surface area contributed by atoms with Crippen LogP contribution in [0.2, 0.25) is 0 Å². The number of rotatable bonds is 4. The van der Waals surface area contributed by atoms with Crippen LogP contribution < -0.4 is 15.4 Å². The Balaban J connectivity index is 0.00000180. The minimum Gasteiger partial charge on any atom is -0.496 e. The molecule has 1 aliphatic heterocycles.